The van der Waals surface area contributed by atoms with E-state index in [2.05, 4.69) is 28.2 Å². The van der Waals surface area contributed by atoms with Crippen LogP contribution in [0.4, 0.5) is 0 Å². The molecule has 1 atom stereocenters. The van der Waals surface area contributed by atoms with Crippen LogP contribution in [0, 0.1) is 0 Å². The quantitative estimate of drug-likeness (QED) is 0.276. The first-order chi connectivity index (χ1) is 17.0. The Morgan fingerprint density at radius 2 is 1.66 bits per heavy atom. The smallest absolute Gasteiger partial charge is 0.261 e. The highest BCUT2D eigenvalue weighted by molar-refractivity contribution is 9.10. The maximum Gasteiger partial charge on any atom is 0.261 e. The van der Waals surface area contributed by atoms with Gasteiger partial charge in [0.15, 0.2) is 6.61 Å². The Balaban J connectivity index is 1.86. The van der Waals surface area contributed by atoms with Crippen LogP contribution in [0.1, 0.15) is 30.9 Å². The second-order valence-electron chi connectivity index (χ2n) is 8.24. The Hall–Kier alpha value is -2.83. The Kier molecular flexibility index (Phi) is 10.6. The minimum atomic E-state index is -0.681. The van der Waals surface area contributed by atoms with Gasteiger partial charge >= 0.3 is 0 Å². The largest absolute Gasteiger partial charge is 0.484 e. The second-order valence-corrected chi connectivity index (χ2v) is 9.59. The number of amides is 2. The molecule has 0 heterocycles. The van der Waals surface area contributed by atoms with Crippen LogP contribution in [0.15, 0.2) is 83.3 Å². The summed E-state index contributed by atoms with van der Waals surface area (Å²) in [7, 11) is 0. The molecule has 0 radical (unpaired) electrons. The molecule has 3 aromatic rings. The summed E-state index contributed by atoms with van der Waals surface area (Å²) < 4.78 is 6.70. The van der Waals surface area contributed by atoms with Gasteiger partial charge in [-0.2, -0.15) is 0 Å². The van der Waals surface area contributed by atoms with Crippen LogP contribution in [-0.2, 0) is 22.6 Å². The van der Waals surface area contributed by atoms with Gasteiger partial charge in [0.05, 0.1) is 0 Å². The van der Waals surface area contributed by atoms with E-state index < -0.39 is 6.04 Å². The van der Waals surface area contributed by atoms with Gasteiger partial charge < -0.3 is 15.0 Å². The fourth-order valence-corrected chi connectivity index (χ4v) is 4.00. The number of unbranched alkanes of at least 4 members (excludes halogenated alkanes) is 1. The van der Waals surface area contributed by atoms with Crippen LogP contribution in [0.5, 0.6) is 5.75 Å². The van der Waals surface area contributed by atoms with Crippen molar-refractivity contribution in [3.05, 3.63) is 99.5 Å². The molecule has 184 valence electrons. The van der Waals surface area contributed by atoms with E-state index >= 15 is 0 Å². The third-order valence-corrected chi connectivity index (χ3v) is 6.32. The number of hydrogen-bond donors (Lipinski definition) is 1. The fourth-order valence-electron chi connectivity index (χ4n) is 3.61. The Morgan fingerprint density at radius 3 is 2.31 bits per heavy atom. The van der Waals surface area contributed by atoms with Gasteiger partial charge in [-0.15, -0.1) is 0 Å². The molecule has 0 saturated heterocycles. The summed E-state index contributed by atoms with van der Waals surface area (Å²) >= 11 is 9.41. The number of hydrogen-bond acceptors (Lipinski definition) is 3. The predicted molar refractivity (Wildman–Crippen MR) is 143 cm³/mol. The Morgan fingerprint density at radius 1 is 0.971 bits per heavy atom. The van der Waals surface area contributed by atoms with E-state index in [9.17, 15) is 9.59 Å². The van der Waals surface area contributed by atoms with E-state index in [1.54, 1.807) is 29.2 Å². The lowest BCUT2D eigenvalue weighted by atomic mass is 10.0. The molecule has 1 N–H and O–H groups in total. The lowest BCUT2D eigenvalue weighted by Gasteiger charge is -2.31. The van der Waals surface area contributed by atoms with Crippen LogP contribution >= 0.6 is 27.5 Å². The molecule has 2 amide bonds. The lowest BCUT2D eigenvalue weighted by molar-refractivity contribution is -0.142. The standard InChI is InChI=1S/C28H30BrClN2O3/c1-2-3-17-31-28(34)26(18-21-7-5-4-6-8-21)32(19-22-9-11-23(29)12-10-22)27(33)20-35-25-15-13-24(30)14-16-25/h4-16,26H,2-3,17-20H2,1H3,(H,31,34). The minimum Gasteiger partial charge on any atom is -0.484 e. The number of rotatable bonds is 12. The number of halogens is 2. The zero-order chi connectivity index (χ0) is 25.0. The molecule has 5 nitrogen and oxygen atoms in total. The van der Waals surface area contributed by atoms with Crippen molar-refractivity contribution >= 4 is 39.3 Å². The number of benzene rings is 3. The predicted octanol–water partition coefficient (Wildman–Crippen LogP) is 6.04. The number of nitrogens with one attached hydrogen (secondary N) is 1. The SMILES string of the molecule is CCCCNC(=O)C(Cc1ccccc1)N(Cc1ccc(Br)cc1)C(=O)COc1ccc(Cl)cc1. The van der Waals surface area contributed by atoms with Gasteiger partial charge in [0.1, 0.15) is 11.8 Å². The van der Waals surface area contributed by atoms with Gasteiger partial charge in [0.25, 0.3) is 5.91 Å². The molecule has 0 saturated carbocycles. The summed E-state index contributed by atoms with van der Waals surface area (Å²) in [5.41, 5.74) is 1.91. The second kappa shape index (κ2) is 13.9. The topological polar surface area (TPSA) is 58.6 Å². The van der Waals surface area contributed by atoms with Crippen molar-refractivity contribution in [2.24, 2.45) is 0 Å². The molecule has 0 bridgehead atoms. The summed E-state index contributed by atoms with van der Waals surface area (Å²) in [6.07, 6.45) is 2.26. The van der Waals surface area contributed by atoms with Gasteiger partial charge in [-0.25, -0.2) is 0 Å². The summed E-state index contributed by atoms with van der Waals surface area (Å²) in [5.74, 6) is 0.104. The van der Waals surface area contributed by atoms with Crippen molar-refractivity contribution in [2.75, 3.05) is 13.2 Å². The maximum absolute atomic E-state index is 13.5. The van der Waals surface area contributed by atoms with E-state index in [1.807, 2.05) is 54.6 Å². The van der Waals surface area contributed by atoms with E-state index in [0.717, 1.165) is 28.4 Å². The third kappa shape index (κ3) is 8.71. The first kappa shape index (κ1) is 26.8. The molecule has 3 aromatic carbocycles. The van der Waals surface area contributed by atoms with Crippen LogP contribution in [0.25, 0.3) is 0 Å². The minimum absolute atomic E-state index is 0.167. The molecule has 0 aliphatic rings. The average molecular weight is 558 g/mol. The number of nitrogens with zero attached hydrogens (tertiary/aromatic N) is 1. The van der Waals surface area contributed by atoms with Gasteiger partial charge in [0, 0.05) is 29.0 Å². The molecule has 0 aromatic heterocycles. The molecule has 0 aliphatic carbocycles. The molecule has 7 heteroatoms. The van der Waals surface area contributed by atoms with Crippen LogP contribution in [-0.4, -0.2) is 35.9 Å². The average Bonchev–Trinajstić information content (AvgIpc) is 2.87. The number of carbonyl (C=O) groups is 2. The van der Waals surface area contributed by atoms with Gasteiger partial charge in [-0.1, -0.05) is 83.3 Å². The van der Waals surface area contributed by atoms with Crippen molar-refractivity contribution < 1.29 is 14.3 Å². The molecule has 3 rings (SSSR count). The van der Waals surface area contributed by atoms with Crippen molar-refractivity contribution in [1.82, 2.24) is 10.2 Å². The molecule has 1 unspecified atom stereocenters. The van der Waals surface area contributed by atoms with Crippen LogP contribution < -0.4 is 10.1 Å². The molecule has 0 aliphatic heterocycles. The molecular weight excluding hydrogens is 528 g/mol. The maximum atomic E-state index is 13.5. The van der Waals surface area contributed by atoms with E-state index in [4.69, 9.17) is 16.3 Å². The van der Waals surface area contributed by atoms with E-state index in [0.29, 0.717) is 23.7 Å². The molecule has 0 spiro atoms. The van der Waals surface area contributed by atoms with Crippen molar-refractivity contribution in [3.8, 4) is 5.75 Å². The zero-order valence-corrected chi connectivity index (χ0v) is 22.1. The molecule has 0 fully saturated rings. The normalized spacial score (nSPS) is 11.5. The van der Waals surface area contributed by atoms with Crippen molar-refractivity contribution in [1.29, 1.82) is 0 Å². The number of ether oxygens (including phenoxy) is 1. The van der Waals surface area contributed by atoms with Gasteiger partial charge in [0.2, 0.25) is 5.91 Å². The molecule has 35 heavy (non-hydrogen) atoms. The first-order valence-electron chi connectivity index (χ1n) is 11.7. The number of carbonyl (C=O) groups excluding carboxylic acids is 2. The monoisotopic (exact) mass is 556 g/mol. The van der Waals surface area contributed by atoms with E-state index in [-0.39, 0.29) is 25.0 Å². The van der Waals surface area contributed by atoms with Crippen molar-refractivity contribution in [2.45, 2.75) is 38.8 Å². The zero-order valence-electron chi connectivity index (χ0n) is 19.8. The molecular formula is C28H30BrClN2O3. The highest BCUT2D eigenvalue weighted by Crippen LogP contribution is 2.19. The van der Waals surface area contributed by atoms with E-state index in [1.165, 1.54) is 0 Å². The first-order valence-corrected chi connectivity index (χ1v) is 12.9. The van der Waals surface area contributed by atoms with Crippen LogP contribution in [0.3, 0.4) is 0 Å². The summed E-state index contributed by atoms with van der Waals surface area (Å²) in [6.45, 7) is 2.74. The van der Waals surface area contributed by atoms with Gasteiger partial charge in [-0.05, 0) is 53.9 Å². The third-order valence-electron chi connectivity index (χ3n) is 5.54. The Bertz CT molecular complexity index is 1080. The summed E-state index contributed by atoms with van der Waals surface area (Å²) in [6, 6.07) is 23.7. The fraction of sp³-hybridized carbons (Fsp3) is 0.286. The highest BCUT2D eigenvalue weighted by atomic mass is 79.9. The highest BCUT2D eigenvalue weighted by Gasteiger charge is 2.30. The van der Waals surface area contributed by atoms with Gasteiger partial charge in [-0.3, -0.25) is 9.59 Å². The Labute approximate surface area is 220 Å². The lowest BCUT2D eigenvalue weighted by Crippen LogP contribution is -2.51. The van der Waals surface area contributed by atoms with Crippen molar-refractivity contribution in [3.63, 3.8) is 0 Å². The van der Waals surface area contributed by atoms with Crippen LogP contribution in [0.2, 0.25) is 5.02 Å². The summed E-state index contributed by atoms with van der Waals surface area (Å²) in [5, 5.41) is 3.61. The summed E-state index contributed by atoms with van der Waals surface area (Å²) in [4.78, 5) is 28.5.